The normalized spacial score (nSPS) is 14.1. The van der Waals surface area contributed by atoms with Gasteiger partial charge in [-0.05, 0) is 49.7 Å². The number of nitrogens with zero attached hydrogens (tertiary/aromatic N) is 2. The molecule has 1 aliphatic carbocycles. The molecule has 3 rings (SSSR count). The zero-order valence-electron chi connectivity index (χ0n) is 11.3. The molecule has 1 aliphatic rings. The third-order valence-corrected chi connectivity index (χ3v) is 3.82. The van der Waals surface area contributed by atoms with E-state index in [1.54, 1.807) is 0 Å². The molecule has 0 saturated heterocycles. The van der Waals surface area contributed by atoms with Gasteiger partial charge in [0.05, 0.1) is 0 Å². The van der Waals surface area contributed by atoms with Crippen molar-refractivity contribution >= 4 is 0 Å². The van der Waals surface area contributed by atoms with Gasteiger partial charge in [0.25, 0.3) is 0 Å². The summed E-state index contributed by atoms with van der Waals surface area (Å²) >= 11 is 0. The maximum atomic E-state index is 4.73. The Morgan fingerprint density at radius 1 is 0.947 bits per heavy atom. The third kappa shape index (κ3) is 3.19. The molecule has 0 saturated carbocycles. The lowest BCUT2D eigenvalue weighted by Gasteiger charge is -2.14. The van der Waals surface area contributed by atoms with Crippen LogP contribution >= 0.6 is 0 Å². The molecule has 2 aromatic rings. The molecular weight excluding hydrogens is 232 g/mol. The predicted molar refractivity (Wildman–Crippen MR) is 77.1 cm³/mol. The van der Waals surface area contributed by atoms with Gasteiger partial charge in [0.2, 0.25) is 0 Å². The molecular formula is C17H20N2. The van der Waals surface area contributed by atoms with Crippen LogP contribution in [0.25, 0.3) is 0 Å². The van der Waals surface area contributed by atoms with Gasteiger partial charge in [-0.15, -0.1) is 0 Å². The second-order valence-corrected chi connectivity index (χ2v) is 5.30. The molecule has 2 nitrogen and oxygen atoms in total. The van der Waals surface area contributed by atoms with Gasteiger partial charge in [-0.1, -0.05) is 30.3 Å². The van der Waals surface area contributed by atoms with E-state index in [4.69, 9.17) is 4.98 Å². The fourth-order valence-corrected chi connectivity index (χ4v) is 2.73. The number of aryl methyl sites for hydroxylation is 4. The SMILES string of the molecule is c1ccc(CCCc2ncc3c(n2)CCCC3)cc1. The van der Waals surface area contributed by atoms with E-state index in [0.29, 0.717) is 0 Å². The van der Waals surface area contributed by atoms with E-state index in [1.807, 2.05) is 0 Å². The van der Waals surface area contributed by atoms with Crippen LogP contribution in [0.3, 0.4) is 0 Å². The zero-order valence-corrected chi connectivity index (χ0v) is 11.3. The van der Waals surface area contributed by atoms with Crippen LogP contribution in [0.5, 0.6) is 0 Å². The molecule has 1 aromatic heterocycles. The number of benzene rings is 1. The quantitative estimate of drug-likeness (QED) is 0.832. The number of hydrogen-bond acceptors (Lipinski definition) is 2. The predicted octanol–water partition coefficient (Wildman–Crippen LogP) is 3.53. The Bertz CT molecular complexity index is 534. The smallest absolute Gasteiger partial charge is 0.128 e. The van der Waals surface area contributed by atoms with E-state index in [2.05, 4.69) is 41.5 Å². The number of fused-ring (bicyclic) bond motifs is 1. The maximum Gasteiger partial charge on any atom is 0.128 e. The van der Waals surface area contributed by atoms with Gasteiger partial charge < -0.3 is 0 Å². The van der Waals surface area contributed by atoms with E-state index >= 15 is 0 Å². The summed E-state index contributed by atoms with van der Waals surface area (Å²) in [4.78, 5) is 9.25. The summed E-state index contributed by atoms with van der Waals surface area (Å²) in [6, 6.07) is 10.6. The van der Waals surface area contributed by atoms with Gasteiger partial charge in [0.1, 0.15) is 5.82 Å². The monoisotopic (exact) mass is 252 g/mol. The second kappa shape index (κ2) is 5.96. The molecule has 1 aromatic carbocycles. The third-order valence-electron chi connectivity index (χ3n) is 3.82. The Morgan fingerprint density at radius 3 is 2.68 bits per heavy atom. The maximum absolute atomic E-state index is 4.73. The average Bonchev–Trinajstić information content (AvgIpc) is 2.48. The molecule has 1 heterocycles. The van der Waals surface area contributed by atoms with Crippen LogP contribution in [0, 0.1) is 0 Å². The highest BCUT2D eigenvalue weighted by Crippen LogP contribution is 2.18. The first-order valence-electron chi connectivity index (χ1n) is 7.29. The molecule has 0 amide bonds. The molecule has 19 heavy (non-hydrogen) atoms. The molecule has 0 atom stereocenters. The summed E-state index contributed by atoms with van der Waals surface area (Å²) in [6.45, 7) is 0. The average molecular weight is 252 g/mol. The summed E-state index contributed by atoms with van der Waals surface area (Å²) < 4.78 is 0. The van der Waals surface area contributed by atoms with Crippen LogP contribution in [-0.4, -0.2) is 9.97 Å². The fourth-order valence-electron chi connectivity index (χ4n) is 2.73. The van der Waals surface area contributed by atoms with E-state index in [0.717, 1.165) is 31.5 Å². The van der Waals surface area contributed by atoms with Crippen molar-refractivity contribution in [1.29, 1.82) is 0 Å². The van der Waals surface area contributed by atoms with Crippen molar-refractivity contribution < 1.29 is 0 Å². The van der Waals surface area contributed by atoms with E-state index < -0.39 is 0 Å². The second-order valence-electron chi connectivity index (χ2n) is 5.30. The molecule has 0 fully saturated rings. The lowest BCUT2D eigenvalue weighted by molar-refractivity contribution is 0.648. The molecule has 0 N–H and O–H groups in total. The number of rotatable bonds is 4. The van der Waals surface area contributed by atoms with Crippen LogP contribution in [0.1, 0.15) is 41.9 Å². The van der Waals surface area contributed by atoms with Gasteiger partial charge in [-0.25, -0.2) is 9.97 Å². The van der Waals surface area contributed by atoms with Crippen molar-refractivity contribution in [2.75, 3.05) is 0 Å². The lowest BCUT2D eigenvalue weighted by Crippen LogP contribution is -2.09. The van der Waals surface area contributed by atoms with Gasteiger partial charge >= 0.3 is 0 Å². The van der Waals surface area contributed by atoms with E-state index in [-0.39, 0.29) is 0 Å². The Hall–Kier alpha value is -1.70. The van der Waals surface area contributed by atoms with Gasteiger partial charge in [0.15, 0.2) is 0 Å². The van der Waals surface area contributed by atoms with Gasteiger partial charge in [0, 0.05) is 18.3 Å². The van der Waals surface area contributed by atoms with Gasteiger partial charge in [-0.2, -0.15) is 0 Å². The minimum atomic E-state index is 0.988. The Kier molecular flexibility index (Phi) is 3.87. The summed E-state index contributed by atoms with van der Waals surface area (Å²) in [5, 5.41) is 0. The van der Waals surface area contributed by atoms with Crippen molar-refractivity contribution in [3.05, 3.63) is 59.2 Å². The Balaban J connectivity index is 1.58. The van der Waals surface area contributed by atoms with Crippen LogP contribution in [-0.2, 0) is 25.7 Å². The zero-order chi connectivity index (χ0) is 12.9. The van der Waals surface area contributed by atoms with Crippen LogP contribution in [0.15, 0.2) is 36.5 Å². The van der Waals surface area contributed by atoms with Crippen molar-refractivity contribution in [2.24, 2.45) is 0 Å². The topological polar surface area (TPSA) is 25.8 Å². The van der Waals surface area contributed by atoms with Crippen LogP contribution in [0.4, 0.5) is 0 Å². The molecule has 0 spiro atoms. The highest BCUT2D eigenvalue weighted by molar-refractivity contribution is 5.20. The molecule has 2 heteroatoms. The first-order valence-corrected chi connectivity index (χ1v) is 7.29. The first kappa shape index (κ1) is 12.3. The van der Waals surface area contributed by atoms with Crippen molar-refractivity contribution in [3.8, 4) is 0 Å². The van der Waals surface area contributed by atoms with Crippen molar-refractivity contribution in [3.63, 3.8) is 0 Å². The summed E-state index contributed by atoms with van der Waals surface area (Å²) in [6.07, 6.45) is 10.2. The highest BCUT2D eigenvalue weighted by atomic mass is 14.9. The lowest BCUT2D eigenvalue weighted by atomic mass is 9.97. The Morgan fingerprint density at radius 2 is 1.79 bits per heavy atom. The standard InChI is InChI=1S/C17H20N2/c1-2-7-14(8-3-1)9-6-12-17-18-13-15-10-4-5-11-16(15)19-17/h1-3,7-8,13H,4-6,9-12H2. The molecule has 0 aliphatic heterocycles. The summed E-state index contributed by atoms with van der Waals surface area (Å²) in [5.74, 6) is 1.02. The van der Waals surface area contributed by atoms with Crippen molar-refractivity contribution in [2.45, 2.75) is 44.9 Å². The van der Waals surface area contributed by atoms with Crippen LogP contribution < -0.4 is 0 Å². The molecule has 98 valence electrons. The number of aromatic nitrogens is 2. The largest absolute Gasteiger partial charge is 0.241 e. The minimum absolute atomic E-state index is 0.988. The van der Waals surface area contributed by atoms with Crippen LogP contribution in [0.2, 0.25) is 0 Å². The molecule has 0 radical (unpaired) electrons. The van der Waals surface area contributed by atoms with Crippen molar-refractivity contribution in [1.82, 2.24) is 9.97 Å². The highest BCUT2D eigenvalue weighted by Gasteiger charge is 2.11. The molecule has 0 unspecified atom stereocenters. The van der Waals surface area contributed by atoms with E-state index in [1.165, 1.54) is 36.1 Å². The molecule has 0 bridgehead atoms. The fraction of sp³-hybridized carbons (Fsp3) is 0.412. The first-order chi connectivity index (χ1) is 9.42. The Labute approximate surface area is 114 Å². The summed E-state index contributed by atoms with van der Waals surface area (Å²) in [7, 11) is 0. The summed E-state index contributed by atoms with van der Waals surface area (Å²) in [5.41, 5.74) is 4.08. The minimum Gasteiger partial charge on any atom is -0.241 e. The van der Waals surface area contributed by atoms with Gasteiger partial charge in [-0.3, -0.25) is 0 Å². The van der Waals surface area contributed by atoms with E-state index in [9.17, 15) is 0 Å². The number of hydrogen-bond donors (Lipinski definition) is 0.